The lowest BCUT2D eigenvalue weighted by molar-refractivity contribution is 0.137. The summed E-state index contributed by atoms with van der Waals surface area (Å²) in [7, 11) is 0. The van der Waals surface area contributed by atoms with Crippen molar-refractivity contribution < 1.29 is 19.7 Å². The fourth-order valence-corrected chi connectivity index (χ4v) is 0.148. The molecule has 0 fully saturated rings. The van der Waals surface area contributed by atoms with Gasteiger partial charge in [-0.2, -0.15) is 5.26 Å². The van der Waals surface area contributed by atoms with E-state index in [-0.39, 0.29) is 6.61 Å². The smallest absolute Gasteiger partial charge is 0.450 e. The van der Waals surface area contributed by atoms with Crippen LogP contribution in [0.1, 0.15) is 6.92 Å². The van der Waals surface area contributed by atoms with Crippen LogP contribution < -0.4 is 0 Å². The van der Waals surface area contributed by atoms with Gasteiger partial charge in [0.15, 0.2) is 0 Å². The Balaban J connectivity index is 0. The minimum Gasteiger partial charge on any atom is -0.450 e. The van der Waals surface area contributed by atoms with E-state index in [0.29, 0.717) is 6.61 Å². The van der Waals surface area contributed by atoms with Gasteiger partial charge in [0.2, 0.25) is 0 Å². The predicted octanol–water partition coefficient (Wildman–Crippen LogP) is 0.769. The molecular weight excluding hydrogens is 138 g/mol. The molecule has 0 aliphatic carbocycles. The van der Waals surface area contributed by atoms with Crippen molar-refractivity contribution in [2.75, 3.05) is 13.2 Å². The van der Waals surface area contributed by atoms with E-state index in [1.54, 1.807) is 0 Å². The molecule has 0 spiro atoms. The molecule has 0 unspecified atom stereocenters. The van der Waals surface area contributed by atoms with E-state index >= 15 is 0 Å². The Morgan fingerprint density at radius 1 is 1.70 bits per heavy atom. The molecule has 5 nitrogen and oxygen atoms in total. The van der Waals surface area contributed by atoms with Crippen molar-refractivity contribution in [2.24, 2.45) is 0 Å². The SMILES string of the molecule is CCOCC#N.O=C(O)O. The number of carbonyl (C=O) groups is 1. The van der Waals surface area contributed by atoms with Crippen molar-refractivity contribution in [3.05, 3.63) is 0 Å². The molecule has 0 aromatic carbocycles. The van der Waals surface area contributed by atoms with E-state index in [1.807, 2.05) is 13.0 Å². The number of ether oxygens (including phenoxy) is 1. The Kier molecular flexibility index (Phi) is 12.3. The Bertz CT molecular complexity index is 113. The van der Waals surface area contributed by atoms with Crippen LogP contribution in [-0.4, -0.2) is 29.6 Å². The van der Waals surface area contributed by atoms with Crippen molar-refractivity contribution in [3.8, 4) is 6.07 Å². The summed E-state index contributed by atoms with van der Waals surface area (Å²) in [5.41, 5.74) is 0. The Hall–Kier alpha value is -1.28. The molecule has 0 aliphatic heterocycles. The highest BCUT2D eigenvalue weighted by molar-refractivity contribution is 5.53. The molecule has 10 heavy (non-hydrogen) atoms. The standard InChI is InChI=1S/C4H7NO.CH2O3/c1-2-6-4-3-5;2-1(3)4/h2,4H2,1H3;(H2,2,3,4). The van der Waals surface area contributed by atoms with Gasteiger partial charge in [0, 0.05) is 6.61 Å². The summed E-state index contributed by atoms with van der Waals surface area (Å²) < 4.78 is 4.62. The minimum atomic E-state index is -1.83. The average molecular weight is 147 g/mol. The van der Waals surface area contributed by atoms with Crippen LogP contribution in [0.5, 0.6) is 0 Å². The highest BCUT2D eigenvalue weighted by atomic mass is 16.6. The lowest BCUT2D eigenvalue weighted by atomic mass is 10.8. The van der Waals surface area contributed by atoms with E-state index in [1.165, 1.54) is 0 Å². The third-order valence-electron chi connectivity index (χ3n) is 0.371. The van der Waals surface area contributed by atoms with Gasteiger partial charge in [0.25, 0.3) is 0 Å². The first-order valence-corrected chi connectivity index (χ1v) is 2.51. The number of carboxylic acid groups (broad SMARTS) is 2. The topological polar surface area (TPSA) is 90.5 Å². The molecule has 58 valence electrons. The van der Waals surface area contributed by atoms with Crippen LogP contribution in [0.4, 0.5) is 4.79 Å². The van der Waals surface area contributed by atoms with Crippen LogP contribution in [-0.2, 0) is 4.74 Å². The first-order valence-electron chi connectivity index (χ1n) is 2.51. The second-order valence-corrected chi connectivity index (χ2v) is 1.08. The monoisotopic (exact) mass is 147 g/mol. The number of hydrogen-bond donors (Lipinski definition) is 2. The zero-order chi connectivity index (χ0) is 8.41. The second-order valence-electron chi connectivity index (χ2n) is 1.08. The molecule has 0 saturated heterocycles. The van der Waals surface area contributed by atoms with Gasteiger partial charge in [0.05, 0.1) is 6.07 Å². The Morgan fingerprint density at radius 2 is 2.10 bits per heavy atom. The molecule has 0 atom stereocenters. The number of hydrogen-bond acceptors (Lipinski definition) is 3. The van der Waals surface area contributed by atoms with Crippen LogP contribution in [0, 0.1) is 11.3 Å². The van der Waals surface area contributed by atoms with Crippen molar-refractivity contribution >= 4 is 6.16 Å². The van der Waals surface area contributed by atoms with E-state index in [4.69, 9.17) is 20.3 Å². The molecule has 0 aromatic rings. The highest BCUT2D eigenvalue weighted by Crippen LogP contribution is 1.65. The van der Waals surface area contributed by atoms with E-state index in [2.05, 4.69) is 4.74 Å². The summed E-state index contributed by atoms with van der Waals surface area (Å²) in [6, 6.07) is 1.85. The maximum Gasteiger partial charge on any atom is 0.503 e. The third kappa shape index (κ3) is 74.3. The fraction of sp³-hybridized carbons (Fsp3) is 0.600. The first-order chi connectivity index (χ1) is 4.65. The summed E-state index contributed by atoms with van der Waals surface area (Å²) in [6.07, 6.45) is -1.83. The molecule has 0 aliphatic rings. The molecule has 0 saturated carbocycles. The van der Waals surface area contributed by atoms with Crippen LogP contribution >= 0.6 is 0 Å². The van der Waals surface area contributed by atoms with E-state index in [0.717, 1.165) is 0 Å². The summed E-state index contributed by atoms with van der Waals surface area (Å²) in [5.74, 6) is 0. The van der Waals surface area contributed by atoms with Crippen LogP contribution in [0.3, 0.4) is 0 Å². The predicted molar refractivity (Wildman–Crippen MR) is 32.8 cm³/mol. The lowest BCUT2D eigenvalue weighted by Gasteiger charge is -1.84. The number of nitrogens with zero attached hydrogens (tertiary/aromatic N) is 1. The highest BCUT2D eigenvalue weighted by Gasteiger charge is 1.71. The van der Waals surface area contributed by atoms with E-state index in [9.17, 15) is 0 Å². The summed E-state index contributed by atoms with van der Waals surface area (Å²) >= 11 is 0. The van der Waals surface area contributed by atoms with Crippen molar-refractivity contribution in [1.29, 1.82) is 5.26 Å². The van der Waals surface area contributed by atoms with Gasteiger partial charge in [-0.15, -0.1) is 0 Å². The van der Waals surface area contributed by atoms with Crippen LogP contribution in [0.25, 0.3) is 0 Å². The lowest BCUT2D eigenvalue weighted by Crippen LogP contribution is -1.86. The molecule has 0 heterocycles. The average Bonchev–Trinajstić information content (AvgIpc) is 1.82. The molecule has 0 bridgehead atoms. The Morgan fingerprint density at radius 3 is 2.20 bits per heavy atom. The fourth-order valence-electron chi connectivity index (χ4n) is 0.148. The summed E-state index contributed by atoms with van der Waals surface area (Å²) in [5, 5.41) is 21.8. The van der Waals surface area contributed by atoms with Gasteiger partial charge in [-0.3, -0.25) is 0 Å². The van der Waals surface area contributed by atoms with Gasteiger partial charge in [-0.1, -0.05) is 0 Å². The van der Waals surface area contributed by atoms with Gasteiger partial charge >= 0.3 is 6.16 Å². The largest absolute Gasteiger partial charge is 0.503 e. The summed E-state index contributed by atoms with van der Waals surface area (Å²) in [6.45, 7) is 2.71. The maximum atomic E-state index is 8.56. The second kappa shape index (κ2) is 10.7. The van der Waals surface area contributed by atoms with Gasteiger partial charge in [-0.05, 0) is 6.92 Å². The summed E-state index contributed by atoms with van der Waals surface area (Å²) in [4.78, 5) is 8.56. The molecule has 0 radical (unpaired) electrons. The van der Waals surface area contributed by atoms with Gasteiger partial charge in [-0.25, -0.2) is 4.79 Å². The quantitative estimate of drug-likeness (QED) is 0.563. The molecule has 2 N–H and O–H groups in total. The first kappa shape index (κ1) is 11.5. The molecule has 0 rings (SSSR count). The van der Waals surface area contributed by atoms with Crippen molar-refractivity contribution in [3.63, 3.8) is 0 Å². The van der Waals surface area contributed by atoms with Crippen molar-refractivity contribution in [2.45, 2.75) is 6.92 Å². The minimum absolute atomic E-state index is 0.219. The molecule has 5 heteroatoms. The van der Waals surface area contributed by atoms with Gasteiger partial charge < -0.3 is 14.9 Å². The zero-order valence-corrected chi connectivity index (χ0v) is 5.57. The van der Waals surface area contributed by atoms with Crippen LogP contribution in [0.2, 0.25) is 0 Å². The molecular formula is C5H9NO4. The van der Waals surface area contributed by atoms with Crippen LogP contribution in [0.15, 0.2) is 0 Å². The van der Waals surface area contributed by atoms with Crippen molar-refractivity contribution in [1.82, 2.24) is 0 Å². The normalized spacial score (nSPS) is 6.80. The number of rotatable bonds is 2. The zero-order valence-electron chi connectivity index (χ0n) is 5.57. The van der Waals surface area contributed by atoms with E-state index < -0.39 is 6.16 Å². The maximum absolute atomic E-state index is 8.56. The Labute approximate surface area is 58.5 Å². The molecule has 0 amide bonds. The number of nitriles is 1. The van der Waals surface area contributed by atoms with Gasteiger partial charge in [0.1, 0.15) is 6.61 Å². The molecule has 0 aromatic heterocycles. The third-order valence-corrected chi connectivity index (χ3v) is 0.371.